The van der Waals surface area contributed by atoms with Crippen LogP contribution in [0.1, 0.15) is 13.3 Å². The summed E-state index contributed by atoms with van der Waals surface area (Å²) in [5, 5.41) is 8.89. The largest absolute Gasteiger partial charge is 0.395 e. The van der Waals surface area contributed by atoms with Crippen LogP contribution in [0.2, 0.25) is 0 Å². The lowest BCUT2D eigenvalue weighted by Crippen LogP contribution is -2.35. The molecular formula is C10H23NO2S. The van der Waals surface area contributed by atoms with Crippen LogP contribution in [0.3, 0.4) is 0 Å². The molecule has 3 nitrogen and oxygen atoms in total. The zero-order chi connectivity index (χ0) is 10.8. The van der Waals surface area contributed by atoms with Gasteiger partial charge in [0.05, 0.1) is 13.2 Å². The van der Waals surface area contributed by atoms with Crippen LogP contribution >= 0.6 is 12.6 Å². The minimum atomic E-state index is 0.215. The highest BCUT2D eigenvalue weighted by molar-refractivity contribution is 7.80. The molecule has 0 heterocycles. The maximum atomic E-state index is 8.89. The normalized spacial score (nSPS) is 13.5. The van der Waals surface area contributed by atoms with E-state index in [2.05, 4.69) is 24.5 Å². The molecule has 0 aliphatic carbocycles. The third-order valence-electron chi connectivity index (χ3n) is 2.38. The average molecular weight is 221 g/mol. The van der Waals surface area contributed by atoms with Crippen molar-refractivity contribution < 1.29 is 9.84 Å². The Balaban J connectivity index is 3.80. The molecule has 1 N–H and O–H groups in total. The zero-order valence-corrected chi connectivity index (χ0v) is 10.2. The third-order valence-corrected chi connectivity index (χ3v) is 2.90. The Morgan fingerprint density at radius 2 is 2.14 bits per heavy atom. The molecular weight excluding hydrogens is 198 g/mol. The molecule has 0 aromatic rings. The maximum absolute atomic E-state index is 8.89. The van der Waals surface area contributed by atoms with E-state index in [1.807, 2.05) is 0 Å². The monoisotopic (exact) mass is 221 g/mol. The molecule has 0 aromatic heterocycles. The first-order valence-electron chi connectivity index (χ1n) is 5.21. The summed E-state index contributed by atoms with van der Waals surface area (Å²) in [5.74, 6) is 1.52. The fraction of sp³-hybridized carbons (Fsp3) is 1.00. The lowest BCUT2D eigenvalue weighted by Gasteiger charge is -2.25. The number of aliphatic hydroxyl groups excluding tert-OH is 1. The number of aliphatic hydroxyl groups is 1. The van der Waals surface area contributed by atoms with Crippen LogP contribution < -0.4 is 0 Å². The first-order valence-corrected chi connectivity index (χ1v) is 5.84. The average Bonchev–Trinajstić information content (AvgIpc) is 2.22. The van der Waals surface area contributed by atoms with Crippen molar-refractivity contribution in [3.05, 3.63) is 0 Å². The summed E-state index contributed by atoms with van der Waals surface area (Å²) in [7, 11) is 1.70. The summed E-state index contributed by atoms with van der Waals surface area (Å²) < 4.78 is 5.03. The van der Waals surface area contributed by atoms with Gasteiger partial charge in [0.15, 0.2) is 0 Å². The molecule has 0 spiro atoms. The molecule has 4 heteroatoms. The molecule has 0 fully saturated rings. The fourth-order valence-corrected chi connectivity index (χ4v) is 1.71. The van der Waals surface area contributed by atoms with Gasteiger partial charge in [-0.3, -0.25) is 4.90 Å². The van der Waals surface area contributed by atoms with Crippen molar-refractivity contribution in [2.45, 2.75) is 13.3 Å². The van der Waals surface area contributed by atoms with Gasteiger partial charge in [0.25, 0.3) is 0 Å². The minimum Gasteiger partial charge on any atom is -0.395 e. The summed E-state index contributed by atoms with van der Waals surface area (Å²) in [5.41, 5.74) is 0. The smallest absolute Gasteiger partial charge is 0.0589 e. The second kappa shape index (κ2) is 9.77. The first-order chi connectivity index (χ1) is 6.78. The fourth-order valence-electron chi connectivity index (χ4n) is 1.34. The SMILES string of the molecule is CCC(CS)CN(CCO)CCOC. The Kier molecular flexibility index (Phi) is 9.93. The number of rotatable bonds is 9. The van der Waals surface area contributed by atoms with Crippen molar-refractivity contribution in [2.75, 3.05) is 45.7 Å². The lowest BCUT2D eigenvalue weighted by molar-refractivity contribution is 0.121. The Morgan fingerprint density at radius 3 is 2.57 bits per heavy atom. The number of hydrogen-bond donors (Lipinski definition) is 2. The Bertz CT molecular complexity index is 121. The molecule has 14 heavy (non-hydrogen) atoms. The van der Waals surface area contributed by atoms with Gasteiger partial charge in [0.1, 0.15) is 0 Å². The second-order valence-electron chi connectivity index (χ2n) is 3.47. The van der Waals surface area contributed by atoms with Crippen LogP contribution in [0.15, 0.2) is 0 Å². The number of ether oxygens (including phenoxy) is 1. The summed E-state index contributed by atoms with van der Waals surface area (Å²) in [6.07, 6.45) is 1.14. The van der Waals surface area contributed by atoms with Crippen molar-refractivity contribution in [2.24, 2.45) is 5.92 Å². The summed E-state index contributed by atoms with van der Waals surface area (Å²) in [6.45, 7) is 5.74. The molecule has 1 unspecified atom stereocenters. The van der Waals surface area contributed by atoms with E-state index in [4.69, 9.17) is 9.84 Å². The van der Waals surface area contributed by atoms with Gasteiger partial charge in [-0.25, -0.2) is 0 Å². The van der Waals surface area contributed by atoms with E-state index >= 15 is 0 Å². The van der Waals surface area contributed by atoms with Gasteiger partial charge in [-0.15, -0.1) is 0 Å². The van der Waals surface area contributed by atoms with Crippen molar-refractivity contribution >= 4 is 12.6 Å². The van der Waals surface area contributed by atoms with Gasteiger partial charge in [0, 0.05) is 26.7 Å². The van der Waals surface area contributed by atoms with Gasteiger partial charge >= 0.3 is 0 Å². The quantitative estimate of drug-likeness (QED) is 0.567. The van der Waals surface area contributed by atoms with E-state index in [1.54, 1.807) is 7.11 Å². The number of nitrogens with zero attached hydrogens (tertiary/aromatic N) is 1. The van der Waals surface area contributed by atoms with Crippen LogP contribution in [0.4, 0.5) is 0 Å². The van der Waals surface area contributed by atoms with Gasteiger partial charge in [-0.2, -0.15) is 12.6 Å². The Labute approximate surface area is 92.8 Å². The highest BCUT2D eigenvalue weighted by Gasteiger charge is 2.10. The topological polar surface area (TPSA) is 32.7 Å². The number of hydrogen-bond acceptors (Lipinski definition) is 4. The van der Waals surface area contributed by atoms with Crippen LogP contribution in [-0.4, -0.2) is 55.7 Å². The van der Waals surface area contributed by atoms with E-state index < -0.39 is 0 Å². The predicted octanol–water partition coefficient (Wildman–Crippen LogP) is 0.883. The maximum Gasteiger partial charge on any atom is 0.0589 e. The van der Waals surface area contributed by atoms with E-state index in [-0.39, 0.29) is 6.61 Å². The van der Waals surface area contributed by atoms with Crippen LogP contribution in [0.5, 0.6) is 0 Å². The zero-order valence-electron chi connectivity index (χ0n) is 9.28. The summed E-state index contributed by atoms with van der Waals surface area (Å²) >= 11 is 4.31. The molecule has 0 saturated carbocycles. The minimum absolute atomic E-state index is 0.215. The van der Waals surface area contributed by atoms with Gasteiger partial charge in [-0.05, 0) is 11.7 Å². The van der Waals surface area contributed by atoms with Gasteiger partial charge in [-0.1, -0.05) is 13.3 Å². The first kappa shape index (κ1) is 14.2. The highest BCUT2D eigenvalue weighted by atomic mass is 32.1. The highest BCUT2D eigenvalue weighted by Crippen LogP contribution is 2.07. The third kappa shape index (κ3) is 6.65. The van der Waals surface area contributed by atoms with Crippen LogP contribution in [0.25, 0.3) is 0 Å². The molecule has 0 aromatic carbocycles. The van der Waals surface area contributed by atoms with Gasteiger partial charge in [0.2, 0.25) is 0 Å². The second-order valence-corrected chi connectivity index (χ2v) is 3.84. The Morgan fingerprint density at radius 1 is 1.43 bits per heavy atom. The molecule has 0 aliphatic heterocycles. The number of methoxy groups -OCH3 is 1. The molecule has 0 aliphatic rings. The van der Waals surface area contributed by atoms with E-state index in [1.165, 1.54) is 0 Å². The lowest BCUT2D eigenvalue weighted by atomic mass is 10.1. The molecule has 0 rings (SSSR count). The van der Waals surface area contributed by atoms with Crippen LogP contribution in [-0.2, 0) is 4.74 Å². The molecule has 0 saturated heterocycles. The van der Waals surface area contributed by atoms with E-state index in [0.29, 0.717) is 5.92 Å². The molecule has 0 amide bonds. The van der Waals surface area contributed by atoms with Crippen molar-refractivity contribution in [3.63, 3.8) is 0 Å². The summed E-state index contributed by atoms with van der Waals surface area (Å²) in [6, 6.07) is 0. The van der Waals surface area contributed by atoms with Crippen molar-refractivity contribution in [1.29, 1.82) is 0 Å². The van der Waals surface area contributed by atoms with E-state index in [0.717, 1.165) is 38.4 Å². The predicted molar refractivity (Wildman–Crippen MR) is 63.0 cm³/mol. The van der Waals surface area contributed by atoms with Crippen molar-refractivity contribution in [3.8, 4) is 0 Å². The molecule has 0 bridgehead atoms. The van der Waals surface area contributed by atoms with Crippen molar-refractivity contribution in [1.82, 2.24) is 4.90 Å². The molecule has 86 valence electrons. The summed E-state index contributed by atoms with van der Waals surface area (Å²) in [4.78, 5) is 2.23. The molecule has 1 atom stereocenters. The van der Waals surface area contributed by atoms with Crippen LogP contribution in [0, 0.1) is 5.92 Å². The van der Waals surface area contributed by atoms with Gasteiger partial charge < -0.3 is 9.84 Å². The standard InChI is InChI=1S/C10H23NO2S/c1-3-10(9-14)8-11(4-6-12)5-7-13-2/h10,12,14H,3-9H2,1-2H3. The van der Waals surface area contributed by atoms with E-state index in [9.17, 15) is 0 Å². The number of thiol groups is 1. The molecule has 0 radical (unpaired) electrons. The Hall–Kier alpha value is 0.230.